The Bertz CT molecular complexity index is 595. The highest BCUT2D eigenvalue weighted by atomic mass is 32.2. The normalized spacial score (nSPS) is 19.9. The minimum atomic E-state index is -3.44. The molecule has 0 aromatic heterocycles. The lowest BCUT2D eigenvalue weighted by Gasteiger charge is -2.17. The van der Waals surface area contributed by atoms with Gasteiger partial charge < -0.3 is 9.64 Å². The Morgan fingerprint density at radius 2 is 1.85 bits per heavy atom. The van der Waals surface area contributed by atoms with Crippen molar-refractivity contribution in [3.8, 4) is 0 Å². The van der Waals surface area contributed by atoms with Crippen LogP contribution in [0.3, 0.4) is 0 Å². The lowest BCUT2D eigenvalue weighted by Crippen LogP contribution is -2.30. The molecule has 0 N–H and O–H groups in total. The first-order chi connectivity index (χ1) is 9.37. The third-order valence-electron chi connectivity index (χ3n) is 3.37. The van der Waals surface area contributed by atoms with Gasteiger partial charge in [-0.3, -0.25) is 4.79 Å². The highest BCUT2D eigenvalue weighted by Gasteiger charge is 2.32. The second-order valence-electron chi connectivity index (χ2n) is 4.78. The van der Waals surface area contributed by atoms with E-state index in [-0.39, 0.29) is 10.8 Å². The first-order valence-corrected chi connectivity index (χ1v) is 7.68. The van der Waals surface area contributed by atoms with Crippen LogP contribution in [0.15, 0.2) is 29.2 Å². The maximum absolute atomic E-state index is 12.0. The monoisotopic (exact) mass is 298 g/mol. The van der Waals surface area contributed by atoms with Crippen molar-refractivity contribution >= 4 is 21.6 Å². The predicted octanol–water partition coefficient (Wildman–Crippen LogP) is 0.689. The lowest BCUT2D eigenvalue weighted by molar-refractivity contribution is -0.125. The molecular weight excluding hydrogens is 280 g/mol. The minimum Gasteiger partial charge on any atom is -0.372 e. The van der Waals surface area contributed by atoms with Gasteiger partial charge in [0.05, 0.1) is 4.90 Å². The van der Waals surface area contributed by atoms with E-state index in [9.17, 15) is 13.2 Å². The van der Waals surface area contributed by atoms with Gasteiger partial charge in [-0.15, -0.1) is 0 Å². The summed E-state index contributed by atoms with van der Waals surface area (Å²) in [4.78, 5) is 13.8. The number of amides is 1. The van der Waals surface area contributed by atoms with Crippen LogP contribution in [0.5, 0.6) is 0 Å². The van der Waals surface area contributed by atoms with E-state index in [2.05, 4.69) is 0 Å². The Labute approximate surface area is 119 Å². The van der Waals surface area contributed by atoms with Crippen LogP contribution in [0.4, 0.5) is 5.69 Å². The number of carbonyl (C=O) groups excluding carboxylic acids is 1. The van der Waals surface area contributed by atoms with E-state index >= 15 is 0 Å². The molecule has 0 bridgehead atoms. The number of benzene rings is 1. The third kappa shape index (κ3) is 2.56. The summed E-state index contributed by atoms with van der Waals surface area (Å²) in [6.45, 7) is 0.580. The van der Waals surface area contributed by atoms with Crippen molar-refractivity contribution in [2.75, 3.05) is 32.6 Å². The summed E-state index contributed by atoms with van der Waals surface area (Å²) in [7, 11) is 1.04. The number of sulfonamides is 1. The van der Waals surface area contributed by atoms with Gasteiger partial charge in [-0.1, -0.05) is 0 Å². The largest absolute Gasteiger partial charge is 0.372 e. The Balaban J connectivity index is 2.24. The first-order valence-electron chi connectivity index (χ1n) is 6.24. The molecule has 20 heavy (non-hydrogen) atoms. The van der Waals surface area contributed by atoms with Crippen LogP contribution in [0.25, 0.3) is 0 Å². The van der Waals surface area contributed by atoms with Gasteiger partial charge in [0, 0.05) is 39.9 Å². The predicted molar refractivity (Wildman–Crippen MR) is 75.1 cm³/mol. The summed E-state index contributed by atoms with van der Waals surface area (Å²) in [6.07, 6.45) is 0.243. The van der Waals surface area contributed by atoms with Gasteiger partial charge in [0.15, 0.2) is 0 Å². The van der Waals surface area contributed by atoms with Gasteiger partial charge in [0.25, 0.3) is 5.91 Å². The smallest absolute Gasteiger partial charge is 0.256 e. The number of carbonyl (C=O) groups is 1. The van der Waals surface area contributed by atoms with Crippen LogP contribution < -0.4 is 4.90 Å². The molecule has 1 fully saturated rings. The molecule has 6 nitrogen and oxygen atoms in total. The van der Waals surface area contributed by atoms with Gasteiger partial charge in [-0.05, 0) is 24.3 Å². The fourth-order valence-corrected chi connectivity index (χ4v) is 3.04. The molecule has 1 aliphatic heterocycles. The zero-order valence-electron chi connectivity index (χ0n) is 11.7. The maximum Gasteiger partial charge on any atom is 0.256 e. The van der Waals surface area contributed by atoms with Gasteiger partial charge in [0.2, 0.25) is 10.0 Å². The van der Waals surface area contributed by atoms with Gasteiger partial charge in [-0.2, -0.15) is 0 Å². The summed E-state index contributed by atoms with van der Waals surface area (Å²) in [6, 6.07) is 6.31. The Hall–Kier alpha value is -1.44. The highest BCUT2D eigenvalue weighted by molar-refractivity contribution is 7.89. The molecule has 1 atom stereocenters. The number of hydrogen-bond acceptors (Lipinski definition) is 4. The van der Waals surface area contributed by atoms with Crippen LogP contribution in [0.1, 0.15) is 6.42 Å². The molecule has 1 aromatic rings. The molecule has 1 aromatic carbocycles. The second-order valence-corrected chi connectivity index (χ2v) is 6.94. The van der Waals surface area contributed by atoms with E-state index in [0.717, 1.165) is 4.31 Å². The molecule has 0 spiro atoms. The van der Waals surface area contributed by atoms with E-state index in [0.29, 0.717) is 18.7 Å². The van der Waals surface area contributed by atoms with Crippen molar-refractivity contribution in [3.63, 3.8) is 0 Å². The minimum absolute atomic E-state index is 0.0873. The Morgan fingerprint density at radius 1 is 1.25 bits per heavy atom. The van der Waals surface area contributed by atoms with Gasteiger partial charge in [-0.25, -0.2) is 12.7 Å². The summed E-state index contributed by atoms with van der Waals surface area (Å²) >= 11 is 0. The number of ether oxygens (including phenoxy) is 1. The molecule has 110 valence electrons. The maximum atomic E-state index is 12.0. The quantitative estimate of drug-likeness (QED) is 0.820. The molecule has 1 amide bonds. The molecule has 0 radical (unpaired) electrons. The lowest BCUT2D eigenvalue weighted by atomic mass is 10.3. The summed E-state index contributed by atoms with van der Waals surface area (Å²) in [5.41, 5.74) is 0.687. The standard InChI is InChI=1S/C13H18N2O4S/c1-14(2)20(17,18)11-6-4-10(5-7-11)15-9-8-12(19-3)13(15)16/h4-7,12H,8-9H2,1-3H3. The first kappa shape index (κ1) is 15.0. The molecule has 1 unspecified atom stereocenters. The zero-order chi connectivity index (χ0) is 14.9. The Morgan fingerprint density at radius 3 is 2.30 bits per heavy atom. The van der Waals surface area contributed by atoms with Crippen LogP contribution in [0.2, 0.25) is 0 Å². The summed E-state index contributed by atoms with van der Waals surface area (Å²) in [5.74, 6) is -0.0873. The van der Waals surface area contributed by atoms with Crippen LogP contribution in [0, 0.1) is 0 Å². The second kappa shape index (κ2) is 5.51. The van der Waals surface area contributed by atoms with Crippen molar-refractivity contribution < 1.29 is 17.9 Å². The molecular formula is C13H18N2O4S. The van der Waals surface area contributed by atoms with E-state index in [1.165, 1.54) is 33.3 Å². The molecule has 1 heterocycles. The average molecular weight is 298 g/mol. The highest BCUT2D eigenvalue weighted by Crippen LogP contribution is 2.24. The van der Waals surface area contributed by atoms with E-state index in [1.54, 1.807) is 17.0 Å². The fraction of sp³-hybridized carbons (Fsp3) is 0.462. The fourth-order valence-electron chi connectivity index (χ4n) is 2.14. The molecule has 7 heteroatoms. The number of methoxy groups -OCH3 is 1. The topological polar surface area (TPSA) is 66.9 Å². The number of nitrogens with zero attached hydrogens (tertiary/aromatic N) is 2. The van der Waals surface area contributed by atoms with E-state index in [1.807, 2.05) is 0 Å². The van der Waals surface area contributed by atoms with Crippen molar-refractivity contribution in [2.24, 2.45) is 0 Å². The molecule has 1 aliphatic rings. The molecule has 1 saturated heterocycles. The van der Waals surface area contributed by atoms with E-state index in [4.69, 9.17) is 4.74 Å². The van der Waals surface area contributed by atoms with Gasteiger partial charge in [0.1, 0.15) is 6.10 Å². The van der Waals surface area contributed by atoms with Crippen LogP contribution >= 0.6 is 0 Å². The van der Waals surface area contributed by atoms with Crippen LogP contribution in [-0.2, 0) is 19.6 Å². The molecule has 2 rings (SSSR count). The molecule has 0 saturated carbocycles. The van der Waals surface area contributed by atoms with E-state index < -0.39 is 16.1 Å². The zero-order valence-corrected chi connectivity index (χ0v) is 12.6. The SMILES string of the molecule is COC1CCN(c2ccc(S(=O)(=O)N(C)C)cc2)C1=O. The average Bonchev–Trinajstić information content (AvgIpc) is 2.79. The van der Waals surface area contributed by atoms with Crippen molar-refractivity contribution in [3.05, 3.63) is 24.3 Å². The van der Waals surface area contributed by atoms with Gasteiger partial charge >= 0.3 is 0 Å². The third-order valence-corrected chi connectivity index (χ3v) is 5.20. The summed E-state index contributed by atoms with van der Waals surface area (Å²) < 4.78 is 30.2. The van der Waals surface area contributed by atoms with Crippen molar-refractivity contribution in [1.29, 1.82) is 0 Å². The Kier molecular flexibility index (Phi) is 4.12. The number of anilines is 1. The molecule has 0 aliphatic carbocycles. The van der Waals surface area contributed by atoms with Crippen molar-refractivity contribution in [1.82, 2.24) is 4.31 Å². The summed E-state index contributed by atoms with van der Waals surface area (Å²) in [5, 5.41) is 0. The number of rotatable bonds is 4. The van der Waals surface area contributed by atoms with Crippen LogP contribution in [-0.4, -0.2) is 52.5 Å². The number of hydrogen-bond donors (Lipinski definition) is 0. The van der Waals surface area contributed by atoms with Crippen molar-refractivity contribution in [2.45, 2.75) is 17.4 Å².